The molecule has 0 aliphatic carbocycles. The fraction of sp³-hybridized carbons (Fsp3) is 0.0625. The molecule has 0 saturated heterocycles. The Hall–Kier alpha value is -1.13. The van der Waals surface area contributed by atoms with Gasteiger partial charge in [0.05, 0.1) is 11.9 Å². The molecule has 22 heavy (non-hydrogen) atoms. The van der Waals surface area contributed by atoms with Gasteiger partial charge >= 0.3 is 0 Å². The van der Waals surface area contributed by atoms with E-state index in [9.17, 15) is 0 Å². The van der Waals surface area contributed by atoms with Gasteiger partial charge in [0.25, 0.3) is 0 Å². The molecule has 0 aliphatic rings. The summed E-state index contributed by atoms with van der Waals surface area (Å²) in [6, 6.07) is 12.9. The fourth-order valence-corrected chi connectivity index (χ4v) is 3.51. The largest absolute Gasteiger partial charge is 0.440 e. The fourth-order valence-electron chi connectivity index (χ4n) is 1.88. The highest BCUT2D eigenvalue weighted by atomic mass is 35.5. The van der Waals surface area contributed by atoms with Crippen LogP contribution in [0.2, 0.25) is 15.1 Å². The van der Waals surface area contributed by atoms with Crippen molar-refractivity contribution in [2.75, 3.05) is 0 Å². The van der Waals surface area contributed by atoms with E-state index in [1.165, 1.54) is 0 Å². The average Bonchev–Trinajstić information content (AvgIpc) is 2.94. The van der Waals surface area contributed by atoms with Crippen LogP contribution in [0.5, 0.6) is 0 Å². The topological polar surface area (TPSA) is 26.0 Å². The molecule has 0 spiro atoms. The van der Waals surface area contributed by atoms with E-state index >= 15 is 0 Å². The number of hydrogen-bond acceptors (Lipinski definition) is 3. The molecule has 0 amide bonds. The molecule has 3 rings (SSSR count). The van der Waals surface area contributed by atoms with Gasteiger partial charge in [-0.2, -0.15) is 0 Å². The highest BCUT2D eigenvalue weighted by Gasteiger charge is 2.08. The van der Waals surface area contributed by atoms with Crippen molar-refractivity contribution in [3.05, 3.63) is 69.6 Å². The second kappa shape index (κ2) is 6.97. The van der Waals surface area contributed by atoms with E-state index in [2.05, 4.69) is 4.98 Å². The van der Waals surface area contributed by atoms with Crippen LogP contribution in [0.1, 0.15) is 5.89 Å². The third-order valence-electron chi connectivity index (χ3n) is 2.88. The summed E-state index contributed by atoms with van der Waals surface area (Å²) in [6.45, 7) is 0. The Morgan fingerprint density at radius 3 is 2.27 bits per heavy atom. The van der Waals surface area contributed by atoms with Crippen LogP contribution in [0.4, 0.5) is 0 Å². The van der Waals surface area contributed by atoms with E-state index < -0.39 is 0 Å². The maximum Gasteiger partial charge on any atom is 0.205 e. The summed E-state index contributed by atoms with van der Waals surface area (Å²) in [7, 11) is 0. The number of benzene rings is 2. The lowest BCUT2D eigenvalue weighted by atomic mass is 10.2. The number of rotatable bonds is 4. The van der Waals surface area contributed by atoms with Gasteiger partial charge in [-0.3, -0.25) is 0 Å². The van der Waals surface area contributed by atoms with Crippen molar-refractivity contribution >= 4 is 46.6 Å². The number of halogens is 3. The first-order valence-electron chi connectivity index (χ1n) is 6.40. The first kappa shape index (κ1) is 15.8. The van der Waals surface area contributed by atoms with Crippen molar-refractivity contribution in [1.82, 2.24) is 4.98 Å². The summed E-state index contributed by atoms with van der Waals surface area (Å²) in [5.41, 5.74) is 0.943. The predicted molar refractivity (Wildman–Crippen MR) is 93.0 cm³/mol. The second-order valence-corrected chi connectivity index (χ2v) is 6.88. The molecule has 112 valence electrons. The number of hydrogen-bond donors (Lipinski definition) is 0. The summed E-state index contributed by atoms with van der Waals surface area (Å²) in [5, 5.41) is 1.92. The lowest BCUT2D eigenvalue weighted by molar-refractivity contribution is 0.530. The molecule has 2 aromatic carbocycles. The molecule has 0 unspecified atom stereocenters. The zero-order valence-electron chi connectivity index (χ0n) is 11.2. The first-order chi connectivity index (χ1) is 10.6. The summed E-state index contributed by atoms with van der Waals surface area (Å²) >= 11 is 19.4. The zero-order chi connectivity index (χ0) is 15.5. The normalized spacial score (nSPS) is 10.9. The zero-order valence-corrected chi connectivity index (χ0v) is 14.3. The Kier molecular flexibility index (Phi) is 4.99. The third kappa shape index (κ3) is 3.99. The van der Waals surface area contributed by atoms with Crippen LogP contribution < -0.4 is 0 Å². The van der Waals surface area contributed by atoms with E-state index in [1.54, 1.807) is 24.0 Å². The van der Waals surface area contributed by atoms with Crippen molar-refractivity contribution in [2.24, 2.45) is 0 Å². The van der Waals surface area contributed by atoms with Crippen LogP contribution in [0.3, 0.4) is 0 Å². The smallest absolute Gasteiger partial charge is 0.205 e. The lowest BCUT2D eigenvalue weighted by Gasteiger charge is -2.01. The molecule has 2 nitrogen and oxygen atoms in total. The third-order valence-corrected chi connectivity index (χ3v) is 4.53. The van der Waals surface area contributed by atoms with Gasteiger partial charge in [-0.1, -0.05) is 34.8 Å². The van der Waals surface area contributed by atoms with E-state index in [-0.39, 0.29) is 0 Å². The molecule has 0 bridgehead atoms. The van der Waals surface area contributed by atoms with Gasteiger partial charge in [0.15, 0.2) is 5.76 Å². The molecular weight excluding hydrogens is 361 g/mol. The van der Waals surface area contributed by atoms with E-state index in [0.29, 0.717) is 26.7 Å². The van der Waals surface area contributed by atoms with Gasteiger partial charge < -0.3 is 4.42 Å². The Bertz CT molecular complexity index is 766. The first-order valence-corrected chi connectivity index (χ1v) is 8.51. The van der Waals surface area contributed by atoms with E-state index in [1.807, 2.05) is 36.4 Å². The van der Waals surface area contributed by atoms with Crippen molar-refractivity contribution in [3.63, 3.8) is 0 Å². The van der Waals surface area contributed by atoms with Crippen molar-refractivity contribution in [1.29, 1.82) is 0 Å². The van der Waals surface area contributed by atoms with Gasteiger partial charge in [0, 0.05) is 25.5 Å². The maximum atomic E-state index is 5.98. The van der Waals surface area contributed by atoms with Crippen LogP contribution in [0.25, 0.3) is 11.3 Å². The Morgan fingerprint density at radius 2 is 1.59 bits per heavy atom. The highest BCUT2D eigenvalue weighted by molar-refractivity contribution is 7.98. The van der Waals surface area contributed by atoms with Gasteiger partial charge in [-0.15, -0.1) is 11.8 Å². The molecule has 0 aliphatic heterocycles. The average molecular weight is 371 g/mol. The molecule has 1 heterocycles. The molecule has 0 radical (unpaired) electrons. The predicted octanol–water partition coefficient (Wildman–Crippen LogP) is 6.59. The minimum atomic E-state index is 0.601. The summed E-state index contributed by atoms with van der Waals surface area (Å²) in [5.74, 6) is 1.96. The van der Waals surface area contributed by atoms with Gasteiger partial charge in [-0.25, -0.2) is 4.98 Å². The van der Waals surface area contributed by atoms with Crippen LogP contribution >= 0.6 is 46.6 Å². The Balaban J connectivity index is 1.70. The van der Waals surface area contributed by atoms with Crippen LogP contribution in [0, 0.1) is 0 Å². The van der Waals surface area contributed by atoms with Crippen LogP contribution in [0.15, 0.2) is 58.0 Å². The van der Waals surface area contributed by atoms with Crippen LogP contribution in [-0.4, -0.2) is 4.98 Å². The SMILES string of the molecule is Clc1ccc(-c2cnc(CSc3cc(Cl)cc(Cl)c3)o2)cc1. The molecule has 0 fully saturated rings. The molecule has 0 saturated carbocycles. The number of aromatic nitrogens is 1. The number of nitrogens with zero attached hydrogens (tertiary/aromatic N) is 1. The Morgan fingerprint density at radius 1 is 0.909 bits per heavy atom. The molecule has 0 atom stereocenters. The number of thioether (sulfide) groups is 1. The summed E-state index contributed by atoms with van der Waals surface area (Å²) in [4.78, 5) is 5.26. The molecule has 1 aromatic heterocycles. The highest BCUT2D eigenvalue weighted by Crippen LogP contribution is 2.30. The maximum absolute atomic E-state index is 5.98. The lowest BCUT2D eigenvalue weighted by Crippen LogP contribution is -1.80. The van der Waals surface area contributed by atoms with Crippen LogP contribution in [-0.2, 0) is 5.75 Å². The molecule has 0 N–H and O–H groups in total. The second-order valence-electron chi connectivity index (χ2n) is 4.52. The molecule has 6 heteroatoms. The van der Waals surface area contributed by atoms with E-state index in [0.717, 1.165) is 16.2 Å². The molecule has 3 aromatic rings. The minimum Gasteiger partial charge on any atom is -0.440 e. The van der Waals surface area contributed by atoms with Crippen molar-refractivity contribution in [3.8, 4) is 11.3 Å². The van der Waals surface area contributed by atoms with Gasteiger partial charge in [0.2, 0.25) is 5.89 Å². The monoisotopic (exact) mass is 369 g/mol. The van der Waals surface area contributed by atoms with E-state index in [4.69, 9.17) is 39.2 Å². The quantitative estimate of drug-likeness (QED) is 0.484. The summed E-state index contributed by atoms with van der Waals surface area (Å²) < 4.78 is 5.75. The van der Waals surface area contributed by atoms with Crippen molar-refractivity contribution < 1.29 is 4.42 Å². The summed E-state index contributed by atoms with van der Waals surface area (Å²) in [6.07, 6.45) is 1.71. The van der Waals surface area contributed by atoms with Gasteiger partial charge in [0.1, 0.15) is 0 Å². The minimum absolute atomic E-state index is 0.601. The Labute approximate surface area is 147 Å². The number of oxazole rings is 1. The van der Waals surface area contributed by atoms with Crippen molar-refractivity contribution in [2.45, 2.75) is 10.6 Å². The standard InChI is InChI=1S/C16H10Cl3NOS/c17-11-3-1-10(2-4-11)15-8-20-16(21-15)9-22-14-6-12(18)5-13(19)7-14/h1-8H,9H2. The van der Waals surface area contributed by atoms with Gasteiger partial charge in [-0.05, 0) is 42.5 Å². The molecular formula is C16H10Cl3NOS.